The largest absolute Gasteiger partial charge is 0.332 e. The lowest BCUT2D eigenvalue weighted by Crippen LogP contribution is -3.10. The van der Waals surface area contributed by atoms with Crippen LogP contribution in [0.5, 0.6) is 0 Å². The van der Waals surface area contributed by atoms with Crippen LogP contribution in [0.2, 0.25) is 0 Å². The first kappa shape index (κ1) is 46.4. The van der Waals surface area contributed by atoms with Crippen molar-refractivity contribution in [2.45, 2.75) is 34.2 Å². The molecule has 0 fully saturated rings. The van der Waals surface area contributed by atoms with Gasteiger partial charge in [-0.05, 0) is 33.3 Å². The van der Waals surface area contributed by atoms with E-state index < -0.39 is 144 Å². The first-order valence-corrected chi connectivity index (χ1v) is 16.5. The van der Waals surface area contributed by atoms with Crippen LogP contribution in [0.15, 0.2) is 18.2 Å². The predicted molar refractivity (Wildman–Crippen MR) is 171 cm³/mol. The zero-order chi connectivity index (χ0) is 44.9. The summed E-state index contributed by atoms with van der Waals surface area (Å²) in [6, 6.07) is 6.76. The van der Waals surface area contributed by atoms with Gasteiger partial charge in [0.1, 0.15) is 59.2 Å². The van der Waals surface area contributed by atoms with E-state index >= 15 is 35.1 Å². The number of quaternary nitrogens is 1. The van der Waals surface area contributed by atoms with Crippen molar-refractivity contribution in [1.82, 2.24) is 0 Å². The summed E-state index contributed by atoms with van der Waals surface area (Å²) in [5, 5.41) is 0. The van der Waals surface area contributed by atoms with Gasteiger partial charge in [-0.25, -0.2) is 87.8 Å². The molecule has 22 heteroatoms. The highest BCUT2D eigenvalue weighted by Crippen LogP contribution is 2.30. The molecule has 318 valence electrons. The predicted octanol–water partition coefficient (Wildman–Crippen LogP) is 7.57. The fourth-order valence-electron chi connectivity index (χ4n) is 6.69. The summed E-state index contributed by atoms with van der Waals surface area (Å²) in [5.41, 5.74) is -10.0. The number of aryl methyl sites for hydroxylation is 2. The summed E-state index contributed by atoms with van der Waals surface area (Å²) < 4.78 is 294. The first-order valence-electron chi connectivity index (χ1n) is 16.5. The van der Waals surface area contributed by atoms with E-state index in [1.165, 1.54) is 36.3 Å². The Balaban J connectivity index is 0.000000464. The van der Waals surface area contributed by atoms with Crippen LogP contribution in [0.4, 0.5) is 87.8 Å². The van der Waals surface area contributed by atoms with Crippen molar-refractivity contribution in [2.24, 2.45) is 0 Å². The van der Waals surface area contributed by atoms with Gasteiger partial charge in [0.2, 0.25) is 0 Å². The van der Waals surface area contributed by atoms with Gasteiger partial charge in [0.25, 0.3) is 0 Å². The van der Waals surface area contributed by atoms with Crippen LogP contribution in [0.3, 0.4) is 0 Å². The van der Waals surface area contributed by atoms with Crippen LogP contribution in [-0.2, 0) is 6.54 Å². The maximum Gasteiger partial charge on any atom is 0.200 e. The second kappa shape index (κ2) is 17.1. The van der Waals surface area contributed by atoms with Gasteiger partial charge in [0, 0.05) is 5.56 Å². The zero-order valence-corrected chi connectivity index (χ0v) is 30.0. The summed E-state index contributed by atoms with van der Waals surface area (Å²) in [4.78, 5) is 1.65. The van der Waals surface area contributed by atoms with Crippen molar-refractivity contribution >= 4 is 28.0 Å². The Morgan fingerprint density at radius 1 is 0.356 bits per heavy atom. The van der Waals surface area contributed by atoms with Crippen LogP contribution in [0.1, 0.15) is 30.5 Å². The van der Waals surface area contributed by atoms with E-state index in [1.54, 1.807) is 4.90 Å². The van der Waals surface area contributed by atoms with Gasteiger partial charge in [0.05, 0.1) is 13.1 Å². The third kappa shape index (κ3) is 7.36. The quantitative estimate of drug-likeness (QED) is 0.0711. The molecule has 5 aromatic rings. The lowest BCUT2D eigenvalue weighted by molar-refractivity contribution is -0.910. The highest BCUT2D eigenvalue weighted by atomic mass is 19.2. The zero-order valence-electron chi connectivity index (χ0n) is 30.0. The molecule has 59 heavy (non-hydrogen) atoms. The molecule has 1 nitrogen and oxygen atoms in total. The van der Waals surface area contributed by atoms with Crippen molar-refractivity contribution in [3.05, 3.63) is 151 Å². The Kier molecular flexibility index (Phi) is 13.5. The van der Waals surface area contributed by atoms with Crippen LogP contribution in [-0.4, -0.2) is 19.2 Å². The number of rotatable bonds is 8. The third-order valence-corrected chi connectivity index (χ3v) is 9.65. The molecule has 1 N–H and O–H groups in total. The fourth-order valence-corrected chi connectivity index (χ4v) is 6.69. The molecular formula is C37H22BF20N. The monoisotopic (exact) mass is 871 g/mol. The van der Waals surface area contributed by atoms with Gasteiger partial charge >= 0.3 is 0 Å². The Morgan fingerprint density at radius 3 is 0.780 bits per heavy atom. The molecule has 0 saturated heterocycles. The summed E-state index contributed by atoms with van der Waals surface area (Å²) in [6.07, 6.45) is -7.22. The second-order valence-electron chi connectivity index (χ2n) is 12.9. The number of halogens is 20. The molecule has 0 unspecified atom stereocenters. The van der Waals surface area contributed by atoms with E-state index in [4.69, 9.17) is 0 Å². The van der Waals surface area contributed by atoms with E-state index in [9.17, 15) is 52.7 Å². The summed E-state index contributed by atoms with van der Waals surface area (Å²) >= 11 is 0. The maximum atomic E-state index is 15.4. The summed E-state index contributed by atoms with van der Waals surface area (Å²) in [7, 11) is 0. The van der Waals surface area contributed by atoms with Gasteiger partial charge in [-0.15, -0.1) is 21.9 Å². The Labute approximate surface area is 319 Å². The molecule has 0 saturated carbocycles. The topological polar surface area (TPSA) is 4.44 Å². The van der Waals surface area contributed by atoms with Crippen LogP contribution < -0.4 is 26.8 Å². The maximum absolute atomic E-state index is 15.4. The van der Waals surface area contributed by atoms with Crippen molar-refractivity contribution in [1.29, 1.82) is 0 Å². The molecular weight excluding hydrogens is 849 g/mol. The minimum absolute atomic E-state index is 1.17. The number of nitrogens with one attached hydrogen (secondary N) is 1. The molecule has 0 atom stereocenters. The van der Waals surface area contributed by atoms with E-state index in [2.05, 4.69) is 45.9 Å². The minimum atomic E-state index is -7.22. The average Bonchev–Trinajstić information content (AvgIpc) is 3.20. The van der Waals surface area contributed by atoms with Crippen molar-refractivity contribution < 1.29 is 92.7 Å². The van der Waals surface area contributed by atoms with Gasteiger partial charge in [0.15, 0.2) is 69.8 Å². The molecule has 5 rings (SSSR count). The van der Waals surface area contributed by atoms with Crippen molar-refractivity contribution in [3.63, 3.8) is 0 Å². The fraction of sp³-hybridized carbons (Fsp3) is 0.189. The lowest BCUT2D eigenvalue weighted by atomic mass is 9.12. The smallest absolute Gasteiger partial charge is 0.200 e. The van der Waals surface area contributed by atoms with E-state index in [0.717, 1.165) is 0 Å². The van der Waals surface area contributed by atoms with Crippen LogP contribution in [0.25, 0.3) is 0 Å². The molecule has 0 radical (unpaired) electrons. The molecule has 0 amide bonds. The lowest BCUT2D eigenvalue weighted by Gasteiger charge is -2.44. The highest BCUT2D eigenvalue weighted by Gasteiger charge is 2.52. The first-order chi connectivity index (χ1) is 27.4. The number of hydrogen-bond acceptors (Lipinski definition) is 0. The Bertz CT molecular complexity index is 2100. The average molecular weight is 871 g/mol. The van der Waals surface area contributed by atoms with Crippen molar-refractivity contribution in [2.75, 3.05) is 13.1 Å². The molecule has 0 bridgehead atoms. The van der Waals surface area contributed by atoms with E-state index in [1.807, 2.05) is 0 Å². The molecule has 0 heterocycles. The second-order valence-corrected chi connectivity index (χ2v) is 12.9. The molecule has 0 spiro atoms. The van der Waals surface area contributed by atoms with Crippen LogP contribution in [0, 0.1) is 130 Å². The summed E-state index contributed by atoms with van der Waals surface area (Å²) in [6.45, 7) is 12.5. The van der Waals surface area contributed by atoms with Gasteiger partial charge in [-0.2, -0.15) is 0 Å². The van der Waals surface area contributed by atoms with Crippen LogP contribution >= 0.6 is 0 Å². The van der Waals surface area contributed by atoms with Gasteiger partial charge in [-0.3, -0.25) is 0 Å². The Hall–Kier alpha value is -5.28. The number of benzene rings is 5. The molecule has 0 aromatic heterocycles. The standard InChI is InChI=1S/C24BF20.C13H21N/c26-5-1(6(27)14(35)21(42)13(5)34)25(2-7(28)15(36)22(43)16(37)8(2)29,3-9(30)17(38)23(44)18(39)10(3)31)4-11(32)19(40)24(45)20(41)12(4)33;1-5-14(6-2)10-13-8-7-11(3)9-12(13)4/h;7-9H,5-6,10H2,1-4H3/q-1;/p+1. The molecule has 5 aromatic carbocycles. The Morgan fingerprint density at radius 2 is 0.576 bits per heavy atom. The minimum Gasteiger partial charge on any atom is -0.332 e. The van der Waals surface area contributed by atoms with E-state index in [0.29, 0.717) is 0 Å². The van der Waals surface area contributed by atoms with Gasteiger partial charge in [-0.1, -0.05) is 23.8 Å². The van der Waals surface area contributed by atoms with Crippen molar-refractivity contribution in [3.8, 4) is 0 Å². The highest BCUT2D eigenvalue weighted by molar-refractivity contribution is 7.20. The molecule has 0 aliphatic heterocycles. The van der Waals surface area contributed by atoms with Gasteiger partial charge < -0.3 is 4.90 Å². The normalized spacial score (nSPS) is 11.7. The van der Waals surface area contributed by atoms with E-state index in [-0.39, 0.29) is 0 Å². The molecule has 0 aliphatic rings. The summed E-state index contributed by atoms with van der Waals surface area (Å²) in [5.74, 6) is -71.4. The number of hydrogen-bond donors (Lipinski definition) is 1. The SMILES string of the molecule is CC[NH+](CC)Cc1ccc(C)cc1C.Fc1c(F)c(F)c([B-](c2c(F)c(F)c(F)c(F)c2F)(c2c(F)c(F)c(F)c(F)c2F)c2c(F)c(F)c(F)c(F)c2F)c(F)c1F. The third-order valence-electron chi connectivity index (χ3n) is 9.65. The molecule has 0 aliphatic carbocycles.